The first-order valence-corrected chi connectivity index (χ1v) is 7.10. The smallest absolute Gasteiger partial charge is 0.121 e. The minimum absolute atomic E-state index is 0.406. The fourth-order valence-electron chi connectivity index (χ4n) is 2.31. The molecule has 1 aliphatic heterocycles. The van der Waals surface area contributed by atoms with Crippen molar-refractivity contribution in [2.45, 2.75) is 25.9 Å². The summed E-state index contributed by atoms with van der Waals surface area (Å²) < 4.78 is 11.4. The second kappa shape index (κ2) is 7.36. The number of nitrogens with two attached hydrogens (primary N) is 1. The van der Waals surface area contributed by atoms with Crippen LogP contribution in [0.5, 0.6) is 5.75 Å². The lowest BCUT2D eigenvalue weighted by atomic mass is 10.2. The van der Waals surface area contributed by atoms with Gasteiger partial charge in [-0.25, -0.2) is 0 Å². The highest BCUT2D eigenvalue weighted by Crippen LogP contribution is 2.15. The summed E-state index contributed by atoms with van der Waals surface area (Å²) in [5.74, 6) is 0.855. The number of benzene rings is 1. The van der Waals surface area contributed by atoms with E-state index in [1.807, 2.05) is 24.3 Å². The molecule has 2 N–H and O–H groups in total. The van der Waals surface area contributed by atoms with Gasteiger partial charge >= 0.3 is 0 Å². The number of rotatable bonds is 6. The van der Waals surface area contributed by atoms with Crippen molar-refractivity contribution in [3.8, 4) is 5.75 Å². The Morgan fingerprint density at radius 3 is 3.16 bits per heavy atom. The second-order valence-electron chi connectivity index (χ2n) is 4.98. The zero-order chi connectivity index (χ0) is 13.5. The third kappa shape index (κ3) is 4.73. The van der Waals surface area contributed by atoms with Gasteiger partial charge in [-0.1, -0.05) is 13.0 Å². The van der Waals surface area contributed by atoms with Crippen molar-refractivity contribution in [2.24, 2.45) is 0 Å². The Morgan fingerprint density at radius 2 is 2.37 bits per heavy atom. The van der Waals surface area contributed by atoms with E-state index in [9.17, 15) is 0 Å². The monoisotopic (exact) mass is 264 g/mol. The summed E-state index contributed by atoms with van der Waals surface area (Å²) in [6.45, 7) is 6.93. The maximum atomic E-state index is 5.71. The van der Waals surface area contributed by atoms with Crippen LogP contribution in [0.15, 0.2) is 24.3 Å². The molecule has 1 aromatic carbocycles. The Hall–Kier alpha value is -1.26. The van der Waals surface area contributed by atoms with Gasteiger partial charge < -0.3 is 15.2 Å². The van der Waals surface area contributed by atoms with Crippen LogP contribution in [0.2, 0.25) is 0 Å². The van der Waals surface area contributed by atoms with Crippen molar-refractivity contribution in [3.05, 3.63) is 24.3 Å². The minimum atomic E-state index is 0.406. The molecule has 0 radical (unpaired) electrons. The van der Waals surface area contributed by atoms with Gasteiger partial charge in [0, 0.05) is 31.4 Å². The molecule has 0 aromatic heterocycles. The van der Waals surface area contributed by atoms with E-state index in [0.29, 0.717) is 6.10 Å². The van der Waals surface area contributed by atoms with E-state index in [4.69, 9.17) is 15.2 Å². The Bertz CT molecular complexity index is 384. The fraction of sp³-hybridized carbons (Fsp3) is 0.600. The number of anilines is 1. The van der Waals surface area contributed by atoms with Crippen molar-refractivity contribution in [2.75, 3.05) is 38.6 Å². The standard InChI is InChI=1S/C15H24N2O2/c1-2-14-12-17(8-10-19-14)7-4-9-18-15-6-3-5-13(16)11-15/h3,5-6,11,14H,2,4,7-10,12,16H2,1H3. The van der Waals surface area contributed by atoms with Gasteiger partial charge in [0.05, 0.1) is 19.3 Å². The molecular weight excluding hydrogens is 240 g/mol. The predicted octanol–water partition coefficient (Wildman–Crippen LogP) is 2.15. The first kappa shape index (κ1) is 14.2. The van der Waals surface area contributed by atoms with Crippen LogP contribution in [0, 0.1) is 0 Å². The molecule has 2 rings (SSSR count). The maximum Gasteiger partial charge on any atom is 0.121 e. The third-order valence-electron chi connectivity index (χ3n) is 3.42. The van der Waals surface area contributed by atoms with Gasteiger partial charge in [0.25, 0.3) is 0 Å². The lowest BCUT2D eigenvalue weighted by molar-refractivity contribution is -0.0306. The van der Waals surface area contributed by atoms with Gasteiger partial charge in [-0.3, -0.25) is 4.90 Å². The Kier molecular flexibility index (Phi) is 5.48. The molecule has 0 amide bonds. The number of hydrogen-bond acceptors (Lipinski definition) is 4. The molecule has 1 aromatic rings. The van der Waals surface area contributed by atoms with Crippen LogP contribution in [0.3, 0.4) is 0 Å². The number of nitrogens with zero attached hydrogens (tertiary/aromatic N) is 1. The molecule has 0 spiro atoms. The number of hydrogen-bond donors (Lipinski definition) is 1. The van der Waals surface area contributed by atoms with Gasteiger partial charge in [0.2, 0.25) is 0 Å². The molecule has 0 aliphatic carbocycles. The summed E-state index contributed by atoms with van der Waals surface area (Å²) >= 11 is 0. The van der Waals surface area contributed by atoms with Gasteiger partial charge in [0.1, 0.15) is 5.75 Å². The van der Waals surface area contributed by atoms with Crippen molar-refractivity contribution in [1.82, 2.24) is 4.90 Å². The van der Waals surface area contributed by atoms with Crippen LogP contribution in [0.4, 0.5) is 5.69 Å². The first-order valence-electron chi connectivity index (χ1n) is 7.10. The highest BCUT2D eigenvalue weighted by atomic mass is 16.5. The summed E-state index contributed by atoms with van der Waals surface area (Å²) in [7, 11) is 0. The fourth-order valence-corrected chi connectivity index (χ4v) is 2.31. The van der Waals surface area contributed by atoms with E-state index in [1.165, 1.54) is 0 Å². The largest absolute Gasteiger partial charge is 0.493 e. The third-order valence-corrected chi connectivity index (χ3v) is 3.42. The van der Waals surface area contributed by atoms with E-state index in [0.717, 1.165) is 57.1 Å². The molecule has 1 aliphatic rings. The van der Waals surface area contributed by atoms with E-state index in [1.54, 1.807) is 0 Å². The predicted molar refractivity (Wildman–Crippen MR) is 77.4 cm³/mol. The number of ether oxygens (including phenoxy) is 2. The van der Waals surface area contributed by atoms with Gasteiger partial charge in [-0.05, 0) is 25.0 Å². The van der Waals surface area contributed by atoms with Crippen molar-refractivity contribution >= 4 is 5.69 Å². The maximum absolute atomic E-state index is 5.71. The molecule has 1 unspecified atom stereocenters. The van der Waals surface area contributed by atoms with Crippen molar-refractivity contribution in [1.29, 1.82) is 0 Å². The molecule has 1 fully saturated rings. The highest BCUT2D eigenvalue weighted by Gasteiger charge is 2.18. The second-order valence-corrected chi connectivity index (χ2v) is 4.98. The van der Waals surface area contributed by atoms with Crippen LogP contribution >= 0.6 is 0 Å². The van der Waals surface area contributed by atoms with Crippen LogP contribution in [0.25, 0.3) is 0 Å². The van der Waals surface area contributed by atoms with E-state index in [2.05, 4.69) is 11.8 Å². The van der Waals surface area contributed by atoms with E-state index < -0.39 is 0 Å². The SMILES string of the molecule is CCC1CN(CCCOc2cccc(N)c2)CCO1. The highest BCUT2D eigenvalue weighted by molar-refractivity contribution is 5.43. The molecule has 1 saturated heterocycles. The lowest BCUT2D eigenvalue weighted by Gasteiger charge is -2.32. The van der Waals surface area contributed by atoms with Gasteiger partial charge in [-0.15, -0.1) is 0 Å². The van der Waals surface area contributed by atoms with Crippen molar-refractivity contribution < 1.29 is 9.47 Å². The summed E-state index contributed by atoms with van der Waals surface area (Å²) in [4.78, 5) is 2.46. The number of morpholine rings is 1. The normalized spacial score (nSPS) is 20.4. The van der Waals surface area contributed by atoms with Crippen LogP contribution in [0.1, 0.15) is 19.8 Å². The quantitative estimate of drug-likeness (QED) is 0.632. The van der Waals surface area contributed by atoms with Crippen LogP contribution in [-0.2, 0) is 4.74 Å². The molecule has 19 heavy (non-hydrogen) atoms. The van der Waals surface area contributed by atoms with E-state index >= 15 is 0 Å². The average molecular weight is 264 g/mol. The zero-order valence-electron chi connectivity index (χ0n) is 11.7. The topological polar surface area (TPSA) is 47.7 Å². The molecule has 1 atom stereocenters. The molecular formula is C15H24N2O2. The zero-order valence-corrected chi connectivity index (χ0v) is 11.7. The molecule has 4 heteroatoms. The van der Waals surface area contributed by atoms with Crippen LogP contribution in [-0.4, -0.2) is 43.9 Å². The Morgan fingerprint density at radius 1 is 1.47 bits per heavy atom. The molecule has 4 nitrogen and oxygen atoms in total. The first-order chi connectivity index (χ1) is 9.28. The summed E-state index contributed by atoms with van der Waals surface area (Å²) in [5, 5.41) is 0. The molecule has 0 bridgehead atoms. The Balaban J connectivity index is 1.64. The van der Waals surface area contributed by atoms with Crippen molar-refractivity contribution in [3.63, 3.8) is 0 Å². The molecule has 1 heterocycles. The summed E-state index contributed by atoms with van der Waals surface area (Å²) in [6.07, 6.45) is 2.53. The van der Waals surface area contributed by atoms with Gasteiger partial charge in [0.15, 0.2) is 0 Å². The molecule has 106 valence electrons. The summed E-state index contributed by atoms with van der Waals surface area (Å²) in [6, 6.07) is 7.59. The number of nitrogen functional groups attached to an aromatic ring is 1. The lowest BCUT2D eigenvalue weighted by Crippen LogP contribution is -2.42. The van der Waals surface area contributed by atoms with Crippen LogP contribution < -0.4 is 10.5 Å². The minimum Gasteiger partial charge on any atom is -0.493 e. The van der Waals surface area contributed by atoms with E-state index in [-0.39, 0.29) is 0 Å². The Labute approximate surface area is 115 Å². The van der Waals surface area contributed by atoms with Gasteiger partial charge in [-0.2, -0.15) is 0 Å². The molecule has 0 saturated carbocycles. The summed E-state index contributed by atoms with van der Waals surface area (Å²) in [5.41, 5.74) is 6.45. The average Bonchev–Trinajstić information content (AvgIpc) is 2.44.